The van der Waals surface area contributed by atoms with E-state index in [0.717, 1.165) is 0 Å². The lowest BCUT2D eigenvalue weighted by Gasteiger charge is -1.74. The monoisotopic (exact) mass is 144 g/mol. The molecule has 4 nitrogen and oxygen atoms in total. The van der Waals surface area contributed by atoms with Gasteiger partial charge in [0.15, 0.2) is 0 Å². The summed E-state index contributed by atoms with van der Waals surface area (Å²) in [5.74, 6) is -2.51. The first-order valence-electron chi connectivity index (χ1n) is 2.27. The number of rotatable bonds is 2. The Balaban J connectivity index is 0. The first kappa shape index (κ1) is 11.2. The topological polar surface area (TPSA) is 74.6 Å². The number of carboxylic acid groups (broad SMARTS) is 2. The molecule has 0 heterocycles. The van der Waals surface area contributed by atoms with E-state index >= 15 is 0 Å². The molecule has 0 bridgehead atoms. The maximum Gasteiger partial charge on any atom is 0.328 e. The molecule has 0 rings (SSSR count). The zero-order valence-corrected chi connectivity index (χ0v) is 5.28. The summed E-state index contributed by atoms with van der Waals surface area (Å²) in [7, 11) is 0. The second-order valence-electron chi connectivity index (χ2n) is 1.01. The predicted octanol–water partition coefficient (Wildman–Crippen LogP) is 0.514. The van der Waals surface area contributed by atoms with Gasteiger partial charge in [0.1, 0.15) is 0 Å². The second-order valence-corrected chi connectivity index (χ2v) is 1.01. The molecule has 0 aliphatic carbocycles. The van der Waals surface area contributed by atoms with Crippen LogP contribution in [0.15, 0.2) is 25.3 Å². The average molecular weight is 144 g/mol. The zero-order chi connectivity index (χ0) is 8.57. The number of aliphatic carboxylic acids is 2. The summed E-state index contributed by atoms with van der Waals surface area (Å²) in [4.78, 5) is 19.1. The van der Waals surface area contributed by atoms with Crippen molar-refractivity contribution in [1.82, 2.24) is 0 Å². The van der Waals surface area contributed by atoms with Gasteiger partial charge in [0.05, 0.1) is 0 Å². The molecule has 0 spiro atoms. The molecule has 4 heteroatoms. The van der Waals surface area contributed by atoms with Crippen LogP contribution in [0.1, 0.15) is 0 Å². The third-order valence-electron chi connectivity index (χ3n) is 0.368. The molecule has 56 valence electrons. The molecule has 10 heavy (non-hydrogen) atoms. The van der Waals surface area contributed by atoms with Crippen molar-refractivity contribution in [2.24, 2.45) is 0 Å². The van der Waals surface area contributed by atoms with Gasteiger partial charge in [-0.15, -0.1) is 13.2 Å². The van der Waals surface area contributed by atoms with Crippen molar-refractivity contribution in [2.45, 2.75) is 0 Å². The van der Waals surface area contributed by atoms with E-state index in [1.54, 1.807) is 0 Å². The van der Waals surface area contributed by atoms with Gasteiger partial charge in [-0.2, -0.15) is 0 Å². The van der Waals surface area contributed by atoms with E-state index in [9.17, 15) is 9.59 Å². The van der Waals surface area contributed by atoms with Gasteiger partial charge < -0.3 is 10.2 Å². The van der Waals surface area contributed by atoms with Crippen LogP contribution < -0.4 is 0 Å². The molecule has 0 radical (unpaired) electrons. The van der Waals surface area contributed by atoms with Crippen LogP contribution >= 0.6 is 0 Å². The largest absolute Gasteiger partial charge is 0.478 e. The van der Waals surface area contributed by atoms with Crippen LogP contribution in [-0.4, -0.2) is 22.2 Å². The molecule has 0 aromatic carbocycles. The van der Waals surface area contributed by atoms with E-state index in [4.69, 9.17) is 10.2 Å². The van der Waals surface area contributed by atoms with Crippen LogP contribution in [0.4, 0.5) is 0 Å². The molecule has 0 aliphatic heterocycles. The molecule has 0 saturated heterocycles. The molecule has 0 atom stereocenters. The van der Waals surface area contributed by atoms with E-state index in [1.807, 2.05) is 0 Å². The van der Waals surface area contributed by atoms with Crippen molar-refractivity contribution in [2.75, 3.05) is 0 Å². The molecule has 0 aromatic heterocycles. The van der Waals surface area contributed by atoms with Gasteiger partial charge in [0.25, 0.3) is 0 Å². The lowest BCUT2D eigenvalue weighted by atomic mass is 10.5. The van der Waals surface area contributed by atoms with Crippen LogP contribution in [0.5, 0.6) is 0 Å². The van der Waals surface area contributed by atoms with Crippen molar-refractivity contribution < 1.29 is 19.8 Å². The SMILES string of the molecule is C=C.O=C(O)/C=C/C(=O)O. The minimum Gasteiger partial charge on any atom is -0.478 e. The van der Waals surface area contributed by atoms with Gasteiger partial charge in [0, 0.05) is 12.2 Å². The molecule has 0 aliphatic rings. The minimum absolute atomic E-state index is 0.558. The highest BCUT2D eigenvalue weighted by Gasteiger charge is 1.88. The molecule has 0 amide bonds. The summed E-state index contributed by atoms with van der Waals surface area (Å²) in [6, 6.07) is 0. The van der Waals surface area contributed by atoms with Gasteiger partial charge in [0.2, 0.25) is 0 Å². The van der Waals surface area contributed by atoms with Crippen molar-refractivity contribution >= 4 is 11.9 Å². The van der Waals surface area contributed by atoms with Gasteiger partial charge in [-0.25, -0.2) is 9.59 Å². The third kappa shape index (κ3) is 16.1. The highest BCUT2D eigenvalue weighted by Crippen LogP contribution is 1.70. The van der Waals surface area contributed by atoms with Crippen LogP contribution in [0.2, 0.25) is 0 Å². The summed E-state index contributed by atoms with van der Waals surface area (Å²) in [5.41, 5.74) is 0. The molecule has 0 saturated carbocycles. The summed E-state index contributed by atoms with van der Waals surface area (Å²) in [6.07, 6.45) is 1.12. The standard InChI is InChI=1S/C4H4O4.C2H4/c5-3(6)1-2-4(7)8;1-2/h1-2H,(H,5,6)(H,7,8);1-2H2/b2-1+;. The fourth-order valence-corrected chi connectivity index (χ4v) is 0.143. The Kier molecular flexibility index (Phi) is 8.35. The molecular weight excluding hydrogens is 136 g/mol. The van der Waals surface area contributed by atoms with Gasteiger partial charge >= 0.3 is 11.9 Å². The Morgan fingerprint density at radius 3 is 1.30 bits per heavy atom. The summed E-state index contributed by atoms with van der Waals surface area (Å²) >= 11 is 0. The Morgan fingerprint density at radius 1 is 1.00 bits per heavy atom. The van der Waals surface area contributed by atoms with Crippen molar-refractivity contribution in [3.05, 3.63) is 25.3 Å². The van der Waals surface area contributed by atoms with Crippen LogP contribution in [0.25, 0.3) is 0 Å². The fourth-order valence-electron chi connectivity index (χ4n) is 0.143. The van der Waals surface area contributed by atoms with E-state index in [1.165, 1.54) is 0 Å². The van der Waals surface area contributed by atoms with Gasteiger partial charge in [-0.05, 0) is 0 Å². The highest BCUT2D eigenvalue weighted by atomic mass is 16.4. The fraction of sp³-hybridized carbons (Fsp3) is 0. The summed E-state index contributed by atoms with van der Waals surface area (Å²) in [6.45, 7) is 6.00. The van der Waals surface area contributed by atoms with E-state index in [2.05, 4.69) is 13.2 Å². The minimum atomic E-state index is -1.26. The summed E-state index contributed by atoms with van der Waals surface area (Å²) < 4.78 is 0. The normalized spacial score (nSPS) is 8.00. The second kappa shape index (κ2) is 7.42. The van der Waals surface area contributed by atoms with Crippen molar-refractivity contribution in [1.29, 1.82) is 0 Å². The molecule has 0 aromatic rings. The predicted molar refractivity (Wildman–Crippen MR) is 35.7 cm³/mol. The molecule has 2 N–H and O–H groups in total. The number of hydrogen-bond donors (Lipinski definition) is 2. The maximum absolute atomic E-state index is 9.55. The van der Waals surface area contributed by atoms with Crippen LogP contribution in [0.3, 0.4) is 0 Å². The first-order valence-corrected chi connectivity index (χ1v) is 2.27. The molecular formula is C6H8O4. The maximum atomic E-state index is 9.55. The Morgan fingerprint density at radius 2 is 1.20 bits per heavy atom. The third-order valence-corrected chi connectivity index (χ3v) is 0.368. The number of carboxylic acids is 2. The smallest absolute Gasteiger partial charge is 0.328 e. The van der Waals surface area contributed by atoms with E-state index < -0.39 is 11.9 Å². The van der Waals surface area contributed by atoms with Crippen LogP contribution in [0, 0.1) is 0 Å². The average Bonchev–Trinajstić information content (AvgIpc) is 1.89. The van der Waals surface area contributed by atoms with Gasteiger partial charge in [-0.1, -0.05) is 0 Å². The van der Waals surface area contributed by atoms with E-state index in [-0.39, 0.29) is 0 Å². The quantitative estimate of drug-likeness (QED) is 0.437. The Labute approximate surface area is 58.1 Å². The van der Waals surface area contributed by atoms with Gasteiger partial charge in [-0.3, -0.25) is 0 Å². The van der Waals surface area contributed by atoms with E-state index in [0.29, 0.717) is 12.2 Å². The van der Waals surface area contributed by atoms with Crippen molar-refractivity contribution in [3.63, 3.8) is 0 Å². The van der Waals surface area contributed by atoms with Crippen molar-refractivity contribution in [3.8, 4) is 0 Å². The first-order chi connectivity index (χ1) is 4.63. The Bertz CT molecular complexity index is 132. The number of carbonyl (C=O) groups is 2. The molecule has 0 fully saturated rings. The highest BCUT2D eigenvalue weighted by molar-refractivity contribution is 5.89. The summed E-state index contributed by atoms with van der Waals surface area (Å²) in [5, 5.41) is 15.6. The molecule has 0 unspecified atom stereocenters. The lowest BCUT2D eigenvalue weighted by Crippen LogP contribution is -1.91. The Hall–Kier alpha value is -1.58. The number of hydrogen-bond acceptors (Lipinski definition) is 2. The zero-order valence-electron chi connectivity index (χ0n) is 5.28. The lowest BCUT2D eigenvalue weighted by molar-refractivity contribution is -0.134. The van der Waals surface area contributed by atoms with Crippen LogP contribution in [-0.2, 0) is 9.59 Å².